The number of hydrogen-bond donors (Lipinski definition) is 0. The molecule has 0 unspecified atom stereocenters. The zero-order valence-corrected chi connectivity index (χ0v) is 8.24. The van der Waals surface area contributed by atoms with Crippen LogP contribution in [0.5, 0.6) is 0 Å². The average Bonchev–Trinajstić information content (AvgIpc) is 2.00. The van der Waals surface area contributed by atoms with Gasteiger partial charge >= 0.3 is 12.4 Å². The average molecular weight is 250 g/mol. The minimum atomic E-state index is -5.99. The van der Waals surface area contributed by atoms with E-state index in [-0.39, 0.29) is 0 Å². The van der Waals surface area contributed by atoms with Crippen molar-refractivity contribution in [3.05, 3.63) is 0 Å². The van der Waals surface area contributed by atoms with E-state index in [0.29, 0.717) is 0 Å². The van der Waals surface area contributed by atoms with Crippen molar-refractivity contribution in [1.82, 2.24) is 0 Å². The van der Waals surface area contributed by atoms with Crippen molar-refractivity contribution < 1.29 is 35.9 Å². The van der Waals surface area contributed by atoms with Gasteiger partial charge in [0.2, 0.25) is 0 Å². The fourth-order valence-corrected chi connectivity index (χ4v) is 1.09. The fraction of sp³-hybridized carbons (Fsp3) is 0.750. The lowest BCUT2D eigenvalue weighted by molar-refractivity contribution is -0.307. The number of ketones is 1. The van der Waals surface area contributed by atoms with Crippen molar-refractivity contribution in [2.75, 3.05) is 0 Å². The summed E-state index contributed by atoms with van der Waals surface area (Å²) in [4.78, 5) is 21.2. The molecule has 0 saturated heterocycles. The first-order valence-electron chi connectivity index (χ1n) is 4.06. The van der Waals surface area contributed by atoms with Gasteiger partial charge in [0.25, 0.3) is 5.41 Å². The Morgan fingerprint density at radius 3 is 1.38 bits per heavy atom. The third kappa shape index (κ3) is 2.05. The molecular formula is C8H8F6O2. The van der Waals surface area contributed by atoms with Gasteiger partial charge in [0.1, 0.15) is 0 Å². The van der Waals surface area contributed by atoms with Crippen LogP contribution in [0, 0.1) is 11.3 Å². The number of rotatable bonds is 3. The van der Waals surface area contributed by atoms with Gasteiger partial charge in [-0.3, -0.25) is 4.79 Å². The molecule has 8 heteroatoms. The molecule has 94 valence electrons. The molecule has 0 aromatic rings. The van der Waals surface area contributed by atoms with Crippen LogP contribution in [-0.4, -0.2) is 24.4 Å². The summed E-state index contributed by atoms with van der Waals surface area (Å²) in [5, 5.41) is 0. The van der Waals surface area contributed by atoms with Gasteiger partial charge in [-0.2, -0.15) is 26.3 Å². The molecule has 0 saturated carbocycles. The Kier molecular flexibility index (Phi) is 3.79. The summed E-state index contributed by atoms with van der Waals surface area (Å²) in [6.45, 7) is 1.72. The Hall–Kier alpha value is -1.08. The molecule has 0 spiro atoms. The number of hydrogen-bond acceptors (Lipinski definition) is 2. The minimum absolute atomic E-state index is 0.859. The molecule has 0 radical (unpaired) electrons. The zero-order chi connectivity index (χ0) is 13.4. The van der Waals surface area contributed by atoms with Crippen molar-refractivity contribution in [3.63, 3.8) is 0 Å². The molecule has 0 rings (SSSR count). The van der Waals surface area contributed by atoms with Crippen LogP contribution in [0.1, 0.15) is 13.8 Å². The van der Waals surface area contributed by atoms with E-state index in [2.05, 4.69) is 0 Å². The fourth-order valence-electron chi connectivity index (χ4n) is 1.09. The van der Waals surface area contributed by atoms with E-state index in [9.17, 15) is 35.9 Å². The van der Waals surface area contributed by atoms with Crippen molar-refractivity contribution in [2.45, 2.75) is 26.2 Å². The van der Waals surface area contributed by atoms with Crippen LogP contribution in [0.3, 0.4) is 0 Å². The normalized spacial score (nSPS) is 14.1. The number of carbonyl (C=O) groups is 2. The summed E-state index contributed by atoms with van der Waals surface area (Å²) in [6, 6.07) is 0. The molecule has 0 aromatic carbocycles. The van der Waals surface area contributed by atoms with E-state index >= 15 is 0 Å². The Labute approximate surface area is 86.6 Å². The molecule has 16 heavy (non-hydrogen) atoms. The monoisotopic (exact) mass is 250 g/mol. The smallest absolute Gasteiger partial charge is 0.302 e. The van der Waals surface area contributed by atoms with Gasteiger partial charge < -0.3 is 4.79 Å². The van der Waals surface area contributed by atoms with Crippen LogP contribution in [0.4, 0.5) is 26.3 Å². The topological polar surface area (TPSA) is 34.1 Å². The predicted octanol–water partition coefficient (Wildman–Crippen LogP) is 2.52. The van der Waals surface area contributed by atoms with E-state index in [1.165, 1.54) is 0 Å². The Balaban J connectivity index is 5.89. The van der Waals surface area contributed by atoms with E-state index in [4.69, 9.17) is 0 Å². The van der Waals surface area contributed by atoms with Gasteiger partial charge in [-0.1, -0.05) is 13.8 Å². The molecule has 0 bridgehead atoms. The van der Waals surface area contributed by atoms with Crippen LogP contribution in [0.25, 0.3) is 0 Å². The lowest BCUT2D eigenvalue weighted by atomic mass is 9.78. The van der Waals surface area contributed by atoms with Crippen LogP contribution in [0.2, 0.25) is 0 Å². The zero-order valence-electron chi connectivity index (χ0n) is 8.24. The highest BCUT2D eigenvalue weighted by atomic mass is 19.4. The van der Waals surface area contributed by atoms with Crippen LogP contribution in [0.15, 0.2) is 0 Å². The second-order valence-electron chi connectivity index (χ2n) is 3.44. The largest absolute Gasteiger partial charge is 0.416 e. The molecule has 0 heterocycles. The second kappa shape index (κ2) is 4.06. The van der Waals surface area contributed by atoms with Crippen molar-refractivity contribution >= 4 is 12.1 Å². The lowest BCUT2D eigenvalue weighted by Gasteiger charge is -2.32. The van der Waals surface area contributed by atoms with E-state index in [1.807, 2.05) is 0 Å². The molecule has 0 atom stereocenters. The first-order chi connectivity index (χ1) is 6.91. The third-order valence-electron chi connectivity index (χ3n) is 1.98. The molecule has 0 fully saturated rings. The third-order valence-corrected chi connectivity index (χ3v) is 1.98. The summed E-state index contributed by atoms with van der Waals surface area (Å²) in [6.07, 6.45) is -13.4. The molecule has 0 aliphatic carbocycles. The van der Waals surface area contributed by atoms with Crippen LogP contribution in [-0.2, 0) is 9.59 Å². The van der Waals surface area contributed by atoms with Gasteiger partial charge in [0.05, 0.1) is 0 Å². The summed E-state index contributed by atoms with van der Waals surface area (Å²) in [5.74, 6) is -3.77. The SMILES string of the molecule is CC(C)C(=O)C(C=O)(C(F)(F)F)C(F)(F)F. The van der Waals surface area contributed by atoms with Gasteiger partial charge in [0.15, 0.2) is 12.1 Å². The first-order valence-corrected chi connectivity index (χ1v) is 4.06. The van der Waals surface area contributed by atoms with Gasteiger partial charge in [0, 0.05) is 5.92 Å². The molecule has 0 amide bonds. The van der Waals surface area contributed by atoms with Crippen molar-refractivity contribution in [3.8, 4) is 0 Å². The summed E-state index contributed by atoms with van der Waals surface area (Å²) >= 11 is 0. The summed E-state index contributed by atoms with van der Waals surface area (Å²) in [7, 11) is 0. The van der Waals surface area contributed by atoms with Crippen molar-refractivity contribution in [1.29, 1.82) is 0 Å². The molecule has 0 aliphatic heterocycles. The van der Waals surface area contributed by atoms with Crippen molar-refractivity contribution in [2.24, 2.45) is 11.3 Å². The molecule has 0 aliphatic rings. The molecule has 0 N–H and O–H groups in total. The molecular weight excluding hydrogens is 242 g/mol. The van der Waals surface area contributed by atoms with E-state index in [0.717, 1.165) is 13.8 Å². The van der Waals surface area contributed by atoms with Crippen LogP contribution >= 0.6 is 0 Å². The van der Waals surface area contributed by atoms with Gasteiger partial charge in [-0.15, -0.1) is 0 Å². The maximum Gasteiger partial charge on any atom is 0.416 e. The summed E-state index contributed by atoms with van der Waals surface area (Å²) in [5.41, 5.74) is -4.92. The number of aldehydes is 1. The number of Topliss-reactive ketones (excluding diaryl/α,β-unsaturated/α-hetero) is 1. The Bertz CT molecular complexity index is 274. The number of halogens is 6. The molecule has 2 nitrogen and oxygen atoms in total. The maximum atomic E-state index is 12.3. The number of carbonyl (C=O) groups excluding carboxylic acids is 2. The predicted molar refractivity (Wildman–Crippen MR) is 40.5 cm³/mol. The minimum Gasteiger partial charge on any atom is -0.302 e. The van der Waals surface area contributed by atoms with E-state index in [1.54, 1.807) is 0 Å². The van der Waals surface area contributed by atoms with Crippen LogP contribution < -0.4 is 0 Å². The maximum absolute atomic E-state index is 12.3. The van der Waals surface area contributed by atoms with E-state index < -0.39 is 35.8 Å². The Morgan fingerprint density at radius 1 is 1.00 bits per heavy atom. The highest BCUT2D eigenvalue weighted by Crippen LogP contribution is 2.50. The highest BCUT2D eigenvalue weighted by molar-refractivity contribution is 6.01. The Morgan fingerprint density at radius 2 is 1.31 bits per heavy atom. The molecule has 0 aromatic heterocycles. The highest BCUT2D eigenvalue weighted by Gasteiger charge is 2.75. The first kappa shape index (κ1) is 14.9. The lowest BCUT2D eigenvalue weighted by Crippen LogP contribution is -2.58. The summed E-state index contributed by atoms with van der Waals surface area (Å²) < 4.78 is 73.9. The quantitative estimate of drug-likeness (QED) is 0.438. The van der Waals surface area contributed by atoms with Gasteiger partial charge in [-0.25, -0.2) is 0 Å². The second-order valence-corrected chi connectivity index (χ2v) is 3.44. The van der Waals surface area contributed by atoms with Gasteiger partial charge in [-0.05, 0) is 0 Å². The number of alkyl halides is 6. The standard InChI is InChI=1S/C8H8F6O2/c1-4(2)5(16)6(3-15,7(9,10)11)8(12,13)14/h3-4H,1-2H3.